The number of rotatable bonds is 4. The zero-order valence-electron chi connectivity index (χ0n) is 13.7. The van der Waals surface area contributed by atoms with Crippen LogP contribution in [-0.2, 0) is 4.79 Å². The van der Waals surface area contributed by atoms with E-state index in [4.69, 9.17) is 0 Å². The number of carbonyl (C=O) groups excluding carboxylic acids is 1. The monoisotopic (exact) mass is 326 g/mol. The fraction of sp³-hybridized carbons (Fsp3) is 0.389. The van der Waals surface area contributed by atoms with Gasteiger partial charge in [0, 0.05) is 30.9 Å². The molecule has 6 heteroatoms. The maximum absolute atomic E-state index is 12.2. The number of hydrogen-bond donors (Lipinski definition) is 2. The van der Waals surface area contributed by atoms with Crippen molar-refractivity contribution in [1.29, 1.82) is 0 Å². The molecule has 1 aromatic carbocycles. The summed E-state index contributed by atoms with van der Waals surface area (Å²) in [5.74, 6) is 0.592. The molecule has 1 aliphatic rings. The lowest BCUT2D eigenvalue weighted by Gasteiger charge is -2.33. The van der Waals surface area contributed by atoms with Crippen molar-refractivity contribution >= 4 is 11.7 Å². The first kappa shape index (κ1) is 16.4. The quantitative estimate of drug-likeness (QED) is 0.892. The maximum Gasteiger partial charge on any atom is 0.253 e. The molecule has 0 aliphatic carbocycles. The molecule has 0 unspecified atom stereocenters. The molecule has 0 spiro atoms. The molecule has 2 aromatic rings. The normalized spacial score (nSPS) is 16.7. The minimum absolute atomic E-state index is 0.0787. The Morgan fingerprint density at radius 1 is 1.25 bits per heavy atom. The first-order chi connectivity index (χ1) is 11.6. The fourth-order valence-corrected chi connectivity index (χ4v) is 2.93. The van der Waals surface area contributed by atoms with Gasteiger partial charge in [0.25, 0.3) is 5.91 Å². The summed E-state index contributed by atoms with van der Waals surface area (Å²) in [5.41, 5.74) is 1.56. The van der Waals surface area contributed by atoms with E-state index in [1.807, 2.05) is 31.2 Å². The minimum atomic E-state index is -1.12. The van der Waals surface area contributed by atoms with Crippen molar-refractivity contribution in [1.82, 2.24) is 15.3 Å². The molecule has 1 amide bonds. The number of hydrogen-bond acceptors (Lipinski definition) is 5. The Bertz CT molecular complexity index is 684. The number of aromatic nitrogens is 2. The van der Waals surface area contributed by atoms with E-state index in [9.17, 15) is 9.90 Å². The standard InChI is InChI=1S/C18H22N4O2/c1-13-11-16(20-12-19-13)22-9-7-15(8-10-22)21-18(24)17(23)14-5-3-2-4-6-14/h2-6,11-12,15,17,23H,7-10H2,1H3,(H,21,24)/t17-/m0/s1. The summed E-state index contributed by atoms with van der Waals surface area (Å²) in [6.07, 6.45) is 2.12. The maximum atomic E-state index is 12.2. The summed E-state index contributed by atoms with van der Waals surface area (Å²) in [6.45, 7) is 3.59. The highest BCUT2D eigenvalue weighted by molar-refractivity contribution is 5.82. The van der Waals surface area contributed by atoms with Crippen LogP contribution in [0.3, 0.4) is 0 Å². The second-order valence-corrected chi connectivity index (χ2v) is 6.10. The number of aryl methyl sites for hydroxylation is 1. The van der Waals surface area contributed by atoms with Gasteiger partial charge in [0.05, 0.1) is 0 Å². The average Bonchev–Trinajstić information content (AvgIpc) is 2.62. The summed E-state index contributed by atoms with van der Waals surface area (Å²) in [6, 6.07) is 11.0. The van der Waals surface area contributed by atoms with Gasteiger partial charge in [0.1, 0.15) is 12.1 Å². The van der Waals surface area contributed by atoms with Gasteiger partial charge in [-0.2, -0.15) is 0 Å². The summed E-state index contributed by atoms with van der Waals surface area (Å²) in [7, 11) is 0. The Morgan fingerprint density at radius 2 is 1.96 bits per heavy atom. The van der Waals surface area contributed by atoms with Gasteiger partial charge in [-0.1, -0.05) is 30.3 Å². The number of nitrogens with zero attached hydrogens (tertiary/aromatic N) is 3. The molecule has 2 N–H and O–H groups in total. The molecule has 1 aromatic heterocycles. The number of piperidine rings is 1. The van der Waals surface area contributed by atoms with E-state index in [1.165, 1.54) is 0 Å². The summed E-state index contributed by atoms with van der Waals surface area (Å²) in [4.78, 5) is 22.8. The van der Waals surface area contributed by atoms with Crippen molar-refractivity contribution in [2.24, 2.45) is 0 Å². The van der Waals surface area contributed by atoms with E-state index in [0.29, 0.717) is 5.56 Å². The predicted molar refractivity (Wildman–Crippen MR) is 91.5 cm³/mol. The van der Waals surface area contributed by atoms with Crippen molar-refractivity contribution in [2.45, 2.75) is 31.9 Å². The van der Waals surface area contributed by atoms with Gasteiger partial charge in [0.15, 0.2) is 6.10 Å². The fourth-order valence-electron chi connectivity index (χ4n) is 2.93. The number of anilines is 1. The molecule has 24 heavy (non-hydrogen) atoms. The third-order valence-electron chi connectivity index (χ3n) is 4.32. The molecule has 0 radical (unpaired) electrons. The third kappa shape index (κ3) is 3.89. The highest BCUT2D eigenvalue weighted by Crippen LogP contribution is 2.19. The number of aliphatic hydroxyl groups excluding tert-OH is 1. The van der Waals surface area contributed by atoms with Crippen LogP contribution in [0.15, 0.2) is 42.7 Å². The Kier molecular flexibility index (Phi) is 5.05. The van der Waals surface area contributed by atoms with Crippen LogP contribution < -0.4 is 10.2 Å². The van der Waals surface area contributed by atoms with Gasteiger partial charge in [-0.15, -0.1) is 0 Å². The largest absolute Gasteiger partial charge is 0.378 e. The number of benzene rings is 1. The number of amides is 1. The molecule has 1 saturated heterocycles. The van der Waals surface area contributed by atoms with Gasteiger partial charge in [-0.25, -0.2) is 9.97 Å². The van der Waals surface area contributed by atoms with Crippen LogP contribution in [0.5, 0.6) is 0 Å². The number of nitrogens with one attached hydrogen (secondary N) is 1. The SMILES string of the molecule is Cc1cc(N2CCC(NC(=O)[C@@H](O)c3ccccc3)CC2)ncn1. The van der Waals surface area contributed by atoms with Crippen molar-refractivity contribution in [3.8, 4) is 0 Å². The second-order valence-electron chi connectivity index (χ2n) is 6.10. The van der Waals surface area contributed by atoms with E-state index in [1.54, 1.807) is 18.5 Å². The lowest BCUT2D eigenvalue weighted by Crippen LogP contribution is -2.46. The molecular weight excluding hydrogens is 304 g/mol. The van der Waals surface area contributed by atoms with Crippen LogP contribution in [-0.4, -0.2) is 40.1 Å². The van der Waals surface area contributed by atoms with Crippen LogP contribution in [0.2, 0.25) is 0 Å². The molecule has 6 nitrogen and oxygen atoms in total. The van der Waals surface area contributed by atoms with Crippen molar-refractivity contribution < 1.29 is 9.90 Å². The smallest absolute Gasteiger partial charge is 0.253 e. The topological polar surface area (TPSA) is 78.4 Å². The Balaban J connectivity index is 1.53. The lowest BCUT2D eigenvalue weighted by molar-refractivity contribution is -0.130. The molecule has 0 saturated carbocycles. The van der Waals surface area contributed by atoms with Gasteiger partial charge in [-0.05, 0) is 25.3 Å². The third-order valence-corrected chi connectivity index (χ3v) is 4.32. The van der Waals surface area contributed by atoms with Crippen LogP contribution in [0.1, 0.15) is 30.2 Å². The van der Waals surface area contributed by atoms with Crippen LogP contribution >= 0.6 is 0 Å². The van der Waals surface area contributed by atoms with Crippen molar-refractivity contribution in [3.63, 3.8) is 0 Å². The number of carbonyl (C=O) groups is 1. The van der Waals surface area contributed by atoms with Crippen LogP contribution in [0.4, 0.5) is 5.82 Å². The highest BCUT2D eigenvalue weighted by atomic mass is 16.3. The molecule has 1 fully saturated rings. The predicted octanol–water partition coefficient (Wildman–Crippen LogP) is 1.60. The summed E-state index contributed by atoms with van der Waals surface area (Å²) in [5, 5.41) is 13.1. The molecule has 3 rings (SSSR count). The van der Waals surface area contributed by atoms with Gasteiger partial charge in [-0.3, -0.25) is 4.79 Å². The summed E-state index contributed by atoms with van der Waals surface area (Å²) < 4.78 is 0. The van der Waals surface area contributed by atoms with Crippen molar-refractivity contribution in [2.75, 3.05) is 18.0 Å². The Labute approximate surface area is 141 Å². The lowest BCUT2D eigenvalue weighted by atomic mass is 10.0. The van der Waals surface area contributed by atoms with E-state index >= 15 is 0 Å². The first-order valence-electron chi connectivity index (χ1n) is 8.20. The van der Waals surface area contributed by atoms with Gasteiger partial charge >= 0.3 is 0 Å². The molecule has 126 valence electrons. The van der Waals surface area contributed by atoms with Crippen LogP contribution in [0.25, 0.3) is 0 Å². The zero-order valence-corrected chi connectivity index (χ0v) is 13.7. The first-order valence-corrected chi connectivity index (χ1v) is 8.20. The molecule has 2 heterocycles. The molecular formula is C18H22N4O2. The molecule has 1 atom stereocenters. The van der Waals surface area contributed by atoms with E-state index in [-0.39, 0.29) is 11.9 Å². The van der Waals surface area contributed by atoms with E-state index < -0.39 is 6.10 Å². The van der Waals surface area contributed by atoms with E-state index in [2.05, 4.69) is 20.2 Å². The second kappa shape index (κ2) is 7.40. The molecule has 1 aliphatic heterocycles. The Hall–Kier alpha value is -2.47. The summed E-state index contributed by atoms with van der Waals surface area (Å²) >= 11 is 0. The zero-order chi connectivity index (χ0) is 16.9. The van der Waals surface area contributed by atoms with Crippen LogP contribution in [0, 0.1) is 6.92 Å². The highest BCUT2D eigenvalue weighted by Gasteiger charge is 2.24. The minimum Gasteiger partial charge on any atom is -0.378 e. The van der Waals surface area contributed by atoms with Gasteiger partial charge in [0.2, 0.25) is 0 Å². The van der Waals surface area contributed by atoms with E-state index in [0.717, 1.165) is 37.4 Å². The molecule has 0 bridgehead atoms. The van der Waals surface area contributed by atoms with Crippen molar-refractivity contribution in [3.05, 3.63) is 54.0 Å². The van der Waals surface area contributed by atoms with Gasteiger partial charge < -0.3 is 15.3 Å². The Morgan fingerprint density at radius 3 is 2.62 bits per heavy atom. The number of aliphatic hydroxyl groups is 1. The average molecular weight is 326 g/mol.